The van der Waals surface area contributed by atoms with Crippen LogP contribution in [0.5, 0.6) is 0 Å². The number of hydrogen-bond donors (Lipinski definition) is 1. The molecule has 0 spiro atoms. The van der Waals surface area contributed by atoms with Crippen LogP contribution in [0.1, 0.15) is 33.1 Å². The van der Waals surface area contributed by atoms with E-state index < -0.39 is 5.97 Å². The summed E-state index contributed by atoms with van der Waals surface area (Å²) in [4.78, 5) is 28.8. The number of rotatable bonds is 8. The normalized spacial score (nSPS) is 14.2. The Morgan fingerprint density at radius 1 is 0.919 bits per heavy atom. The maximum absolute atomic E-state index is 13.1. The zero-order valence-corrected chi connectivity index (χ0v) is 20.8. The van der Waals surface area contributed by atoms with Crippen molar-refractivity contribution in [2.45, 2.75) is 12.6 Å². The van der Waals surface area contributed by atoms with Crippen LogP contribution in [0.2, 0.25) is 0 Å². The Labute approximate surface area is 217 Å². The molecule has 1 aliphatic rings. The molecule has 0 unspecified atom stereocenters. The third-order valence-electron chi connectivity index (χ3n) is 6.48. The van der Waals surface area contributed by atoms with E-state index in [4.69, 9.17) is 4.74 Å². The molecule has 1 heterocycles. The molecule has 1 aliphatic heterocycles. The van der Waals surface area contributed by atoms with E-state index >= 15 is 0 Å². The van der Waals surface area contributed by atoms with Gasteiger partial charge in [-0.15, -0.1) is 0 Å². The summed E-state index contributed by atoms with van der Waals surface area (Å²) >= 11 is 0. The lowest BCUT2D eigenvalue weighted by molar-refractivity contribution is -0.128. The van der Waals surface area contributed by atoms with Crippen LogP contribution < -0.4 is 5.32 Å². The van der Waals surface area contributed by atoms with Gasteiger partial charge in [0.2, 0.25) is 0 Å². The highest BCUT2D eigenvalue weighted by Crippen LogP contribution is 2.29. The number of carbonyl (C=O) groups is 2. The van der Waals surface area contributed by atoms with Crippen molar-refractivity contribution in [1.29, 1.82) is 5.26 Å². The molecule has 37 heavy (non-hydrogen) atoms. The molecule has 7 nitrogen and oxygen atoms in total. The van der Waals surface area contributed by atoms with Crippen molar-refractivity contribution < 1.29 is 14.3 Å². The molecule has 0 bridgehead atoms. The Morgan fingerprint density at radius 2 is 1.49 bits per heavy atom. The second-order valence-corrected chi connectivity index (χ2v) is 8.79. The lowest BCUT2D eigenvalue weighted by Crippen LogP contribution is -2.50. The number of benzene rings is 3. The molecule has 3 aromatic rings. The summed E-state index contributed by atoms with van der Waals surface area (Å²) in [5, 5.41) is 12.7. The molecule has 1 fully saturated rings. The summed E-state index contributed by atoms with van der Waals surface area (Å²) < 4.78 is 4.71. The quantitative estimate of drug-likeness (QED) is 0.290. The summed E-state index contributed by atoms with van der Waals surface area (Å²) in [6.07, 6.45) is 1.47. The third kappa shape index (κ3) is 6.43. The van der Waals surface area contributed by atoms with Crippen molar-refractivity contribution in [2.75, 3.05) is 33.3 Å². The van der Waals surface area contributed by atoms with Gasteiger partial charge >= 0.3 is 5.97 Å². The van der Waals surface area contributed by atoms with Crippen LogP contribution in [0.25, 0.3) is 0 Å². The molecule has 0 aromatic heterocycles. The van der Waals surface area contributed by atoms with E-state index in [-0.39, 0.29) is 17.5 Å². The highest BCUT2D eigenvalue weighted by molar-refractivity contribution is 5.97. The maximum Gasteiger partial charge on any atom is 0.337 e. The number of carbonyl (C=O) groups excluding carboxylic acids is 2. The van der Waals surface area contributed by atoms with E-state index in [1.807, 2.05) is 18.2 Å². The number of hydrogen-bond acceptors (Lipinski definition) is 6. The topological polar surface area (TPSA) is 85.7 Å². The number of ether oxygens (including phenoxy) is 1. The van der Waals surface area contributed by atoms with Crippen molar-refractivity contribution in [3.63, 3.8) is 0 Å². The molecule has 0 atom stereocenters. The van der Waals surface area contributed by atoms with E-state index in [9.17, 15) is 14.9 Å². The van der Waals surface area contributed by atoms with E-state index in [1.165, 1.54) is 24.4 Å². The first kappa shape index (κ1) is 25.7. The number of piperazine rings is 1. The van der Waals surface area contributed by atoms with Crippen LogP contribution in [0.4, 0.5) is 0 Å². The van der Waals surface area contributed by atoms with Gasteiger partial charge in [-0.3, -0.25) is 9.69 Å². The largest absolute Gasteiger partial charge is 0.465 e. The molecule has 1 saturated heterocycles. The fourth-order valence-corrected chi connectivity index (χ4v) is 4.53. The average Bonchev–Trinajstić information content (AvgIpc) is 2.96. The van der Waals surface area contributed by atoms with E-state index in [0.717, 1.165) is 5.56 Å². The Morgan fingerprint density at radius 3 is 2.00 bits per heavy atom. The fourth-order valence-electron chi connectivity index (χ4n) is 4.53. The van der Waals surface area contributed by atoms with Crippen molar-refractivity contribution in [1.82, 2.24) is 15.1 Å². The van der Waals surface area contributed by atoms with E-state index in [0.29, 0.717) is 38.3 Å². The van der Waals surface area contributed by atoms with Gasteiger partial charge in [-0.05, 0) is 28.8 Å². The molecule has 0 aliphatic carbocycles. The molecular formula is C30H30N4O3. The van der Waals surface area contributed by atoms with Crippen LogP contribution in [-0.2, 0) is 16.1 Å². The highest BCUT2D eigenvalue weighted by atomic mass is 16.5. The van der Waals surface area contributed by atoms with Gasteiger partial charge in [-0.1, -0.05) is 72.8 Å². The zero-order valence-electron chi connectivity index (χ0n) is 20.8. The van der Waals surface area contributed by atoms with Crippen LogP contribution >= 0.6 is 0 Å². The molecule has 0 saturated carbocycles. The summed E-state index contributed by atoms with van der Waals surface area (Å²) in [5.41, 5.74) is 3.89. The van der Waals surface area contributed by atoms with Gasteiger partial charge in [0.25, 0.3) is 5.91 Å². The number of nitrogens with one attached hydrogen (secondary N) is 1. The number of esters is 1. The van der Waals surface area contributed by atoms with E-state index in [1.54, 1.807) is 29.2 Å². The first-order valence-electron chi connectivity index (χ1n) is 12.2. The summed E-state index contributed by atoms with van der Waals surface area (Å²) in [6.45, 7) is 2.92. The molecule has 0 radical (unpaired) electrons. The van der Waals surface area contributed by atoms with Gasteiger partial charge in [-0.25, -0.2) is 4.79 Å². The fraction of sp³-hybridized carbons (Fsp3) is 0.233. The van der Waals surface area contributed by atoms with Gasteiger partial charge < -0.3 is 15.0 Å². The minimum atomic E-state index is -0.393. The summed E-state index contributed by atoms with van der Waals surface area (Å²) in [5.74, 6) is -0.664. The molecule has 1 N–H and O–H groups in total. The molecule has 7 heteroatoms. The second-order valence-electron chi connectivity index (χ2n) is 8.79. The predicted octanol–water partition coefficient (Wildman–Crippen LogP) is 3.90. The monoisotopic (exact) mass is 494 g/mol. The van der Waals surface area contributed by atoms with Gasteiger partial charge in [0.1, 0.15) is 11.6 Å². The van der Waals surface area contributed by atoms with Gasteiger partial charge in [0.15, 0.2) is 0 Å². The lowest BCUT2D eigenvalue weighted by atomic mass is 9.96. The predicted molar refractivity (Wildman–Crippen MR) is 141 cm³/mol. The number of methoxy groups -OCH3 is 1. The molecule has 188 valence electrons. The maximum atomic E-state index is 13.1. The van der Waals surface area contributed by atoms with Crippen LogP contribution in [0, 0.1) is 11.3 Å². The number of nitriles is 1. The molecule has 1 amide bonds. The zero-order chi connectivity index (χ0) is 26.0. The highest BCUT2D eigenvalue weighted by Gasteiger charge is 2.29. The standard InChI is InChI=1S/C30H30N4O3/c1-37-30(36)26-14-12-23(13-15-26)21-32-22-27(20-31)29(35)34-18-16-33(17-19-34)28(24-8-4-2-5-9-24)25-10-6-3-7-11-25/h2-15,22,28,32H,16-19,21H2,1H3/b27-22-. The Bertz CT molecular complexity index is 1220. The molecule has 4 rings (SSSR count). The number of nitrogens with zero attached hydrogens (tertiary/aromatic N) is 3. The van der Waals surface area contributed by atoms with Crippen LogP contribution in [0.3, 0.4) is 0 Å². The van der Waals surface area contributed by atoms with Gasteiger partial charge in [0, 0.05) is 38.9 Å². The van der Waals surface area contributed by atoms with Gasteiger partial charge in [-0.2, -0.15) is 5.26 Å². The van der Waals surface area contributed by atoms with Crippen LogP contribution in [-0.4, -0.2) is 55.0 Å². The number of amides is 1. The van der Waals surface area contributed by atoms with Crippen molar-refractivity contribution in [2.24, 2.45) is 0 Å². The Kier molecular flexibility index (Phi) is 8.69. The summed E-state index contributed by atoms with van der Waals surface area (Å²) in [7, 11) is 1.34. The smallest absolute Gasteiger partial charge is 0.337 e. The first-order valence-corrected chi connectivity index (χ1v) is 12.2. The third-order valence-corrected chi connectivity index (χ3v) is 6.48. The average molecular weight is 495 g/mol. The summed E-state index contributed by atoms with van der Waals surface area (Å²) in [6, 6.07) is 29.9. The minimum Gasteiger partial charge on any atom is -0.465 e. The second kappa shape index (κ2) is 12.5. The Hall–Kier alpha value is -4.41. The van der Waals surface area contributed by atoms with Crippen molar-refractivity contribution in [3.8, 4) is 6.07 Å². The molecule has 3 aromatic carbocycles. The van der Waals surface area contributed by atoms with Gasteiger partial charge in [0.05, 0.1) is 18.7 Å². The first-order chi connectivity index (χ1) is 18.1. The molecular weight excluding hydrogens is 464 g/mol. The van der Waals surface area contributed by atoms with Crippen molar-refractivity contribution >= 4 is 11.9 Å². The Balaban J connectivity index is 1.37. The van der Waals surface area contributed by atoms with E-state index in [2.05, 4.69) is 58.7 Å². The SMILES string of the molecule is COC(=O)c1ccc(CN/C=C(/C#N)C(=O)N2CCN(C(c3ccccc3)c3ccccc3)CC2)cc1. The minimum absolute atomic E-state index is 0.0716. The van der Waals surface area contributed by atoms with Crippen LogP contribution in [0.15, 0.2) is 96.7 Å². The lowest BCUT2D eigenvalue weighted by Gasteiger charge is -2.39. The van der Waals surface area contributed by atoms with Crippen molar-refractivity contribution in [3.05, 3.63) is 119 Å².